The first-order chi connectivity index (χ1) is 10.6. The number of carbonyl (C=O) groups is 1. The Kier molecular flexibility index (Phi) is 5.92. The zero-order valence-electron chi connectivity index (χ0n) is 13.6. The first-order valence-electron chi connectivity index (χ1n) is 8.12. The van der Waals surface area contributed by atoms with Gasteiger partial charge in [0.15, 0.2) is 0 Å². The molecule has 5 nitrogen and oxygen atoms in total. The van der Waals surface area contributed by atoms with Crippen molar-refractivity contribution in [2.45, 2.75) is 38.6 Å². The number of carbonyl (C=O) groups excluding carboxylic acids is 1. The standard InChI is InChI=1S/C17H27N3O2/c1-3-4-13-22-17(21)19(2)15-9-11-20(12-10-15)16-7-5-14(18)6-8-16/h5-8,15H,3-4,9-13,18H2,1-2H3. The molecule has 0 radical (unpaired) electrons. The minimum absolute atomic E-state index is 0.195. The van der Waals surface area contributed by atoms with Gasteiger partial charge in [0.1, 0.15) is 0 Å². The summed E-state index contributed by atoms with van der Waals surface area (Å²) in [5, 5.41) is 0. The maximum Gasteiger partial charge on any atom is 0.409 e. The smallest absolute Gasteiger partial charge is 0.409 e. The Bertz CT molecular complexity index is 467. The van der Waals surface area contributed by atoms with Gasteiger partial charge >= 0.3 is 6.09 Å². The third kappa shape index (κ3) is 4.29. The highest BCUT2D eigenvalue weighted by Gasteiger charge is 2.26. The molecule has 0 bridgehead atoms. The number of unbranched alkanes of at least 4 members (excludes halogenated alkanes) is 1. The van der Waals surface area contributed by atoms with Gasteiger partial charge in [0, 0.05) is 37.6 Å². The van der Waals surface area contributed by atoms with Crippen LogP contribution in [0.1, 0.15) is 32.6 Å². The number of nitrogens with two attached hydrogens (primary N) is 1. The largest absolute Gasteiger partial charge is 0.449 e. The molecule has 122 valence electrons. The summed E-state index contributed by atoms with van der Waals surface area (Å²) in [6, 6.07) is 8.23. The number of piperidine rings is 1. The van der Waals surface area contributed by atoms with E-state index in [2.05, 4.69) is 24.0 Å². The van der Waals surface area contributed by atoms with Crippen molar-refractivity contribution < 1.29 is 9.53 Å². The third-order valence-electron chi connectivity index (χ3n) is 4.28. The fourth-order valence-corrected chi connectivity index (χ4v) is 2.75. The fourth-order valence-electron chi connectivity index (χ4n) is 2.75. The lowest BCUT2D eigenvalue weighted by Crippen LogP contribution is -2.45. The molecule has 0 aromatic heterocycles. The molecule has 1 aromatic carbocycles. The molecule has 1 aliphatic rings. The molecule has 0 spiro atoms. The van der Waals surface area contributed by atoms with E-state index in [-0.39, 0.29) is 12.1 Å². The minimum atomic E-state index is -0.195. The van der Waals surface area contributed by atoms with Crippen LogP contribution in [0.3, 0.4) is 0 Å². The molecule has 0 aliphatic carbocycles. The summed E-state index contributed by atoms with van der Waals surface area (Å²) in [6.07, 6.45) is 3.69. The zero-order valence-corrected chi connectivity index (χ0v) is 13.6. The van der Waals surface area contributed by atoms with E-state index in [9.17, 15) is 4.79 Å². The Morgan fingerprint density at radius 1 is 1.32 bits per heavy atom. The Balaban J connectivity index is 1.81. The summed E-state index contributed by atoms with van der Waals surface area (Å²) in [5.41, 5.74) is 7.71. The molecular weight excluding hydrogens is 278 g/mol. The lowest BCUT2D eigenvalue weighted by atomic mass is 10.0. The molecule has 22 heavy (non-hydrogen) atoms. The van der Waals surface area contributed by atoms with E-state index in [4.69, 9.17) is 10.5 Å². The molecule has 2 rings (SSSR count). The predicted molar refractivity (Wildman–Crippen MR) is 90.1 cm³/mol. The van der Waals surface area contributed by atoms with Crippen LogP contribution in [-0.4, -0.2) is 43.8 Å². The van der Waals surface area contributed by atoms with Gasteiger partial charge < -0.3 is 20.3 Å². The molecule has 1 aliphatic heterocycles. The maximum absolute atomic E-state index is 12.0. The van der Waals surface area contributed by atoms with Gasteiger partial charge in [-0.25, -0.2) is 4.79 Å². The van der Waals surface area contributed by atoms with Crippen molar-refractivity contribution in [3.63, 3.8) is 0 Å². The van der Waals surface area contributed by atoms with Crippen LogP contribution in [0, 0.1) is 0 Å². The number of hydrogen-bond donors (Lipinski definition) is 1. The van der Waals surface area contributed by atoms with E-state index < -0.39 is 0 Å². The minimum Gasteiger partial charge on any atom is -0.449 e. The van der Waals surface area contributed by atoms with Gasteiger partial charge in [0.25, 0.3) is 0 Å². The van der Waals surface area contributed by atoms with Crippen molar-refractivity contribution in [1.82, 2.24) is 4.90 Å². The van der Waals surface area contributed by atoms with Gasteiger partial charge in [-0.05, 0) is 43.5 Å². The van der Waals surface area contributed by atoms with Crippen molar-refractivity contribution in [3.05, 3.63) is 24.3 Å². The van der Waals surface area contributed by atoms with Crippen LogP contribution in [0.4, 0.5) is 16.2 Å². The normalized spacial score (nSPS) is 15.6. The molecule has 0 unspecified atom stereocenters. The first kappa shape index (κ1) is 16.5. The average Bonchev–Trinajstić information content (AvgIpc) is 2.55. The fraction of sp³-hybridized carbons (Fsp3) is 0.588. The second kappa shape index (κ2) is 7.92. The molecule has 1 saturated heterocycles. The highest BCUT2D eigenvalue weighted by molar-refractivity contribution is 5.67. The lowest BCUT2D eigenvalue weighted by Gasteiger charge is -2.37. The Labute approximate surface area is 133 Å². The van der Waals surface area contributed by atoms with Crippen LogP contribution in [0.2, 0.25) is 0 Å². The van der Waals surface area contributed by atoms with E-state index in [1.807, 2.05) is 19.2 Å². The number of benzene rings is 1. The molecular formula is C17H27N3O2. The van der Waals surface area contributed by atoms with Crippen molar-refractivity contribution in [2.75, 3.05) is 37.4 Å². The second-order valence-corrected chi connectivity index (χ2v) is 5.89. The summed E-state index contributed by atoms with van der Waals surface area (Å²) >= 11 is 0. The van der Waals surface area contributed by atoms with E-state index in [0.717, 1.165) is 44.5 Å². The molecule has 1 amide bonds. The number of hydrogen-bond acceptors (Lipinski definition) is 4. The lowest BCUT2D eigenvalue weighted by molar-refractivity contribution is 0.0908. The SMILES string of the molecule is CCCCOC(=O)N(C)C1CCN(c2ccc(N)cc2)CC1. The van der Waals surface area contributed by atoms with E-state index in [1.165, 1.54) is 5.69 Å². The van der Waals surface area contributed by atoms with E-state index in [0.29, 0.717) is 6.61 Å². The van der Waals surface area contributed by atoms with Crippen LogP contribution in [-0.2, 0) is 4.74 Å². The molecule has 0 atom stereocenters. The second-order valence-electron chi connectivity index (χ2n) is 5.89. The van der Waals surface area contributed by atoms with Crippen molar-refractivity contribution >= 4 is 17.5 Å². The highest BCUT2D eigenvalue weighted by Crippen LogP contribution is 2.23. The van der Waals surface area contributed by atoms with Crippen LogP contribution < -0.4 is 10.6 Å². The van der Waals surface area contributed by atoms with Crippen LogP contribution in [0.15, 0.2) is 24.3 Å². The molecule has 5 heteroatoms. The zero-order chi connectivity index (χ0) is 15.9. The topological polar surface area (TPSA) is 58.8 Å². The molecule has 1 aromatic rings. The number of amides is 1. The summed E-state index contributed by atoms with van der Waals surface area (Å²) in [5.74, 6) is 0. The summed E-state index contributed by atoms with van der Waals surface area (Å²) in [6.45, 7) is 4.50. The van der Waals surface area contributed by atoms with Gasteiger partial charge in [-0.1, -0.05) is 13.3 Å². The van der Waals surface area contributed by atoms with E-state index in [1.54, 1.807) is 4.90 Å². The highest BCUT2D eigenvalue weighted by atomic mass is 16.6. The summed E-state index contributed by atoms with van der Waals surface area (Å²) in [7, 11) is 1.85. The Morgan fingerprint density at radius 2 is 1.95 bits per heavy atom. The van der Waals surface area contributed by atoms with Crippen LogP contribution >= 0.6 is 0 Å². The van der Waals surface area contributed by atoms with Gasteiger partial charge in [0.05, 0.1) is 6.61 Å². The molecule has 1 fully saturated rings. The number of anilines is 2. The maximum atomic E-state index is 12.0. The Morgan fingerprint density at radius 3 is 2.55 bits per heavy atom. The molecule has 1 heterocycles. The van der Waals surface area contributed by atoms with Gasteiger partial charge in [-0.3, -0.25) is 0 Å². The third-order valence-corrected chi connectivity index (χ3v) is 4.28. The van der Waals surface area contributed by atoms with Crippen LogP contribution in [0.5, 0.6) is 0 Å². The molecule has 2 N–H and O–H groups in total. The van der Waals surface area contributed by atoms with Crippen molar-refractivity contribution in [3.8, 4) is 0 Å². The van der Waals surface area contributed by atoms with Gasteiger partial charge in [-0.2, -0.15) is 0 Å². The van der Waals surface area contributed by atoms with Crippen molar-refractivity contribution in [1.29, 1.82) is 0 Å². The predicted octanol–water partition coefficient (Wildman–Crippen LogP) is 3.11. The quantitative estimate of drug-likeness (QED) is 0.671. The first-order valence-corrected chi connectivity index (χ1v) is 8.12. The number of ether oxygens (including phenoxy) is 1. The average molecular weight is 305 g/mol. The monoisotopic (exact) mass is 305 g/mol. The number of nitrogens with zero attached hydrogens (tertiary/aromatic N) is 2. The summed E-state index contributed by atoms with van der Waals surface area (Å²) in [4.78, 5) is 16.1. The van der Waals surface area contributed by atoms with Crippen LogP contribution in [0.25, 0.3) is 0 Å². The van der Waals surface area contributed by atoms with Gasteiger partial charge in [-0.15, -0.1) is 0 Å². The van der Waals surface area contributed by atoms with Gasteiger partial charge in [0.2, 0.25) is 0 Å². The van der Waals surface area contributed by atoms with E-state index >= 15 is 0 Å². The number of nitrogen functional groups attached to an aromatic ring is 1. The van der Waals surface area contributed by atoms with Crippen molar-refractivity contribution in [2.24, 2.45) is 0 Å². The Hall–Kier alpha value is -1.91. The summed E-state index contributed by atoms with van der Waals surface area (Å²) < 4.78 is 5.28. The number of rotatable bonds is 5. The molecule has 0 saturated carbocycles.